The van der Waals surface area contributed by atoms with Gasteiger partial charge in [0, 0.05) is 43.0 Å². The van der Waals surface area contributed by atoms with Crippen LogP contribution in [0.2, 0.25) is 0 Å². The van der Waals surface area contributed by atoms with E-state index in [0.29, 0.717) is 0 Å². The Morgan fingerprint density at radius 3 is 2.19 bits per heavy atom. The molecule has 0 atom stereocenters. The van der Waals surface area contributed by atoms with E-state index in [1.54, 1.807) is 0 Å². The Labute approximate surface area is 185 Å². The molecule has 0 bridgehead atoms. The highest BCUT2D eigenvalue weighted by Gasteiger charge is 2.29. The van der Waals surface area contributed by atoms with Gasteiger partial charge >= 0.3 is 0 Å². The number of rotatable bonds is 5. The van der Waals surface area contributed by atoms with Gasteiger partial charge in [-0.2, -0.15) is 0 Å². The van der Waals surface area contributed by atoms with E-state index in [4.69, 9.17) is 4.74 Å². The van der Waals surface area contributed by atoms with E-state index in [2.05, 4.69) is 10.2 Å². The molecule has 1 aliphatic heterocycles. The van der Waals surface area contributed by atoms with Crippen LogP contribution in [0, 0.1) is 19.3 Å². The van der Waals surface area contributed by atoms with Crippen LogP contribution >= 0.6 is 0 Å². The Morgan fingerprint density at radius 1 is 0.968 bits per heavy atom. The van der Waals surface area contributed by atoms with E-state index in [1.807, 2.05) is 82.0 Å². The smallest absolute Gasteiger partial charge is 0.262 e. The van der Waals surface area contributed by atoms with E-state index in [0.717, 1.165) is 54.4 Å². The van der Waals surface area contributed by atoms with Crippen LogP contribution in [-0.2, 0) is 9.59 Å². The number of benzene rings is 2. The average Bonchev–Trinajstić information content (AvgIpc) is 2.72. The molecule has 1 heterocycles. The number of carbonyl (C=O) groups is 2. The van der Waals surface area contributed by atoms with E-state index in [9.17, 15) is 9.59 Å². The average molecular weight is 424 g/mol. The summed E-state index contributed by atoms with van der Waals surface area (Å²) in [6.45, 7) is 12.9. The molecular formula is C25H33N3O3. The number of nitrogens with zero attached hydrogens (tertiary/aromatic N) is 2. The van der Waals surface area contributed by atoms with Crippen LogP contribution in [0.15, 0.2) is 42.5 Å². The number of ether oxygens (including phenoxy) is 1. The SMILES string of the molecule is Cc1ccc(OCC(=O)Nc2ccc(N3CCN(C(=O)C(C)(C)C)CC3)cc2)c(C)c1. The van der Waals surface area contributed by atoms with Crippen molar-refractivity contribution in [2.45, 2.75) is 34.6 Å². The van der Waals surface area contributed by atoms with Crippen molar-refractivity contribution in [2.75, 3.05) is 43.0 Å². The quantitative estimate of drug-likeness (QED) is 0.789. The molecule has 0 radical (unpaired) electrons. The van der Waals surface area contributed by atoms with Gasteiger partial charge in [0.2, 0.25) is 5.91 Å². The summed E-state index contributed by atoms with van der Waals surface area (Å²) < 4.78 is 5.65. The van der Waals surface area contributed by atoms with Crippen molar-refractivity contribution in [2.24, 2.45) is 5.41 Å². The van der Waals surface area contributed by atoms with Crippen molar-refractivity contribution >= 4 is 23.2 Å². The molecule has 2 aromatic carbocycles. The summed E-state index contributed by atoms with van der Waals surface area (Å²) in [5, 5.41) is 2.88. The van der Waals surface area contributed by atoms with Gasteiger partial charge in [-0.15, -0.1) is 0 Å². The van der Waals surface area contributed by atoms with Crippen LogP contribution in [-0.4, -0.2) is 49.5 Å². The monoisotopic (exact) mass is 423 g/mol. The minimum Gasteiger partial charge on any atom is -0.483 e. The molecule has 0 unspecified atom stereocenters. The molecule has 6 nitrogen and oxygen atoms in total. The maximum absolute atomic E-state index is 12.4. The number of hydrogen-bond donors (Lipinski definition) is 1. The molecule has 31 heavy (non-hydrogen) atoms. The molecule has 2 aromatic rings. The highest BCUT2D eigenvalue weighted by molar-refractivity contribution is 5.92. The van der Waals surface area contributed by atoms with Crippen molar-refractivity contribution in [1.29, 1.82) is 0 Å². The Bertz CT molecular complexity index is 924. The molecule has 0 saturated carbocycles. The van der Waals surface area contributed by atoms with Crippen molar-refractivity contribution < 1.29 is 14.3 Å². The zero-order valence-electron chi connectivity index (χ0n) is 19.2. The largest absolute Gasteiger partial charge is 0.483 e. The minimum atomic E-state index is -0.343. The zero-order chi connectivity index (χ0) is 22.6. The third kappa shape index (κ3) is 6.00. The summed E-state index contributed by atoms with van der Waals surface area (Å²) in [4.78, 5) is 28.9. The zero-order valence-corrected chi connectivity index (χ0v) is 19.2. The lowest BCUT2D eigenvalue weighted by molar-refractivity contribution is -0.139. The Kier molecular flexibility index (Phi) is 6.88. The van der Waals surface area contributed by atoms with Crippen LogP contribution in [0.25, 0.3) is 0 Å². The Balaban J connectivity index is 1.49. The highest BCUT2D eigenvalue weighted by atomic mass is 16.5. The number of carbonyl (C=O) groups excluding carboxylic acids is 2. The summed E-state index contributed by atoms with van der Waals surface area (Å²) in [5.74, 6) is 0.732. The summed E-state index contributed by atoms with van der Waals surface area (Å²) >= 11 is 0. The maximum atomic E-state index is 12.4. The summed E-state index contributed by atoms with van der Waals surface area (Å²) in [5.41, 5.74) is 3.66. The fourth-order valence-corrected chi connectivity index (χ4v) is 3.70. The lowest BCUT2D eigenvalue weighted by atomic mass is 9.94. The van der Waals surface area contributed by atoms with Gasteiger partial charge in [0.15, 0.2) is 6.61 Å². The topological polar surface area (TPSA) is 61.9 Å². The van der Waals surface area contributed by atoms with Crippen LogP contribution in [0.5, 0.6) is 5.75 Å². The van der Waals surface area contributed by atoms with Crippen molar-refractivity contribution in [1.82, 2.24) is 4.90 Å². The first-order chi connectivity index (χ1) is 14.6. The van der Waals surface area contributed by atoms with E-state index in [1.165, 1.54) is 0 Å². The first-order valence-electron chi connectivity index (χ1n) is 10.8. The van der Waals surface area contributed by atoms with Crippen molar-refractivity contribution in [3.8, 4) is 5.75 Å². The van der Waals surface area contributed by atoms with E-state index < -0.39 is 0 Å². The lowest BCUT2D eigenvalue weighted by Gasteiger charge is -2.38. The van der Waals surface area contributed by atoms with Gasteiger partial charge in [-0.3, -0.25) is 9.59 Å². The van der Waals surface area contributed by atoms with Gasteiger partial charge in [-0.25, -0.2) is 0 Å². The number of anilines is 2. The van der Waals surface area contributed by atoms with Crippen LogP contribution in [0.3, 0.4) is 0 Å². The summed E-state index contributed by atoms with van der Waals surface area (Å²) in [6.07, 6.45) is 0. The van der Waals surface area contributed by atoms with Crippen LogP contribution in [0.4, 0.5) is 11.4 Å². The molecule has 0 aromatic heterocycles. The number of piperazine rings is 1. The predicted molar refractivity (Wildman–Crippen MR) is 125 cm³/mol. The fraction of sp³-hybridized carbons (Fsp3) is 0.440. The third-order valence-electron chi connectivity index (χ3n) is 5.41. The first-order valence-corrected chi connectivity index (χ1v) is 10.8. The number of hydrogen-bond acceptors (Lipinski definition) is 4. The van der Waals surface area contributed by atoms with Crippen LogP contribution in [0.1, 0.15) is 31.9 Å². The molecule has 0 spiro atoms. The lowest BCUT2D eigenvalue weighted by Crippen LogP contribution is -2.51. The van der Waals surface area contributed by atoms with Gasteiger partial charge in [0.1, 0.15) is 5.75 Å². The second kappa shape index (κ2) is 9.41. The summed E-state index contributed by atoms with van der Waals surface area (Å²) in [6, 6.07) is 13.7. The third-order valence-corrected chi connectivity index (χ3v) is 5.41. The first kappa shape index (κ1) is 22.7. The number of amides is 2. The molecule has 166 valence electrons. The molecule has 2 amide bonds. The van der Waals surface area contributed by atoms with Crippen molar-refractivity contribution in [3.63, 3.8) is 0 Å². The maximum Gasteiger partial charge on any atom is 0.262 e. The van der Waals surface area contributed by atoms with Gasteiger partial charge in [0.05, 0.1) is 0 Å². The molecule has 1 fully saturated rings. The fourth-order valence-electron chi connectivity index (χ4n) is 3.70. The summed E-state index contributed by atoms with van der Waals surface area (Å²) in [7, 11) is 0. The molecule has 6 heteroatoms. The Hall–Kier alpha value is -3.02. The molecule has 1 aliphatic rings. The second-order valence-corrected chi connectivity index (χ2v) is 9.18. The van der Waals surface area contributed by atoms with E-state index >= 15 is 0 Å². The minimum absolute atomic E-state index is 0.0323. The van der Waals surface area contributed by atoms with Crippen LogP contribution < -0.4 is 15.0 Å². The molecule has 0 aliphatic carbocycles. The van der Waals surface area contributed by atoms with Gasteiger partial charge < -0.3 is 19.9 Å². The second-order valence-electron chi connectivity index (χ2n) is 9.18. The van der Waals surface area contributed by atoms with Gasteiger partial charge in [0.25, 0.3) is 5.91 Å². The standard InChI is InChI=1S/C25H33N3O3/c1-18-6-11-22(19(2)16-18)31-17-23(29)26-20-7-9-21(10-8-20)27-12-14-28(15-13-27)24(30)25(3,4)5/h6-11,16H,12-15,17H2,1-5H3,(H,26,29). The Morgan fingerprint density at radius 2 is 1.61 bits per heavy atom. The molecule has 1 N–H and O–H groups in total. The number of aryl methyl sites for hydroxylation is 2. The molecular weight excluding hydrogens is 390 g/mol. The number of nitrogens with one attached hydrogen (secondary N) is 1. The molecule has 3 rings (SSSR count). The van der Waals surface area contributed by atoms with Gasteiger partial charge in [-0.05, 0) is 49.7 Å². The normalized spacial score (nSPS) is 14.4. The predicted octanol–water partition coefficient (Wildman–Crippen LogP) is 4.02. The molecule has 1 saturated heterocycles. The van der Waals surface area contributed by atoms with Gasteiger partial charge in [-0.1, -0.05) is 38.5 Å². The van der Waals surface area contributed by atoms with Crippen molar-refractivity contribution in [3.05, 3.63) is 53.6 Å². The highest BCUT2D eigenvalue weighted by Crippen LogP contribution is 2.23. The van der Waals surface area contributed by atoms with E-state index in [-0.39, 0.29) is 23.8 Å².